The van der Waals surface area contributed by atoms with E-state index in [2.05, 4.69) is 12.2 Å². The van der Waals surface area contributed by atoms with Crippen LogP contribution in [0.3, 0.4) is 0 Å². The third kappa shape index (κ3) is 4.94. The van der Waals surface area contributed by atoms with E-state index in [4.69, 9.17) is 14.2 Å². The second-order valence-electron chi connectivity index (χ2n) is 6.07. The van der Waals surface area contributed by atoms with Crippen molar-refractivity contribution in [2.24, 2.45) is 0 Å². The monoisotopic (exact) mass is 350 g/mol. The van der Waals surface area contributed by atoms with Crippen LogP contribution in [0.15, 0.2) is 12.1 Å². The predicted molar refractivity (Wildman–Crippen MR) is 99.0 cm³/mol. The fourth-order valence-electron chi connectivity index (χ4n) is 3.06. The van der Waals surface area contributed by atoms with Gasteiger partial charge in [0.15, 0.2) is 11.5 Å². The van der Waals surface area contributed by atoms with Gasteiger partial charge in [0.1, 0.15) is 0 Å². The number of hydrogen-bond donors (Lipinski definition) is 1. The summed E-state index contributed by atoms with van der Waals surface area (Å²) in [5.74, 6) is 1.74. The molecule has 0 radical (unpaired) electrons. The van der Waals surface area contributed by atoms with Gasteiger partial charge in [-0.1, -0.05) is 0 Å². The molecular weight excluding hydrogens is 320 g/mol. The van der Waals surface area contributed by atoms with Crippen LogP contribution in [-0.4, -0.2) is 43.3 Å². The lowest BCUT2D eigenvalue weighted by Crippen LogP contribution is -2.44. The molecule has 1 aromatic carbocycles. The van der Waals surface area contributed by atoms with Crippen molar-refractivity contribution in [3.63, 3.8) is 0 Å². The van der Waals surface area contributed by atoms with Crippen molar-refractivity contribution in [1.82, 2.24) is 4.90 Å². The van der Waals surface area contributed by atoms with Crippen LogP contribution >= 0.6 is 0 Å². The molecule has 1 fully saturated rings. The summed E-state index contributed by atoms with van der Waals surface area (Å²) >= 11 is 0. The Bertz CT molecular complexity index is 550. The highest BCUT2D eigenvalue weighted by Crippen LogP contribution is 2.41. The van der Waals surface area contributed by atoms with E-state index in [1.165, 1.54) is 6.42 Å². The summed E-state index contributed by atoms with van der Waals surface area (Å²) in [6.45, 7) is 10.1. The number of rotatable bonds is 7. The molecule has 1 atom stereocenters. The molecule has 1 saturated heterocycles. The lowest BCUT2D eigenvalue weighted by Gasteiger charge is -2.33. The number of likely N-dealkylation sites (tertiary alicyclic amines) is 1. The number of carbonyl (C=O) groups is 1. The molecule has 1 aromatic rings. The van der Waals surface area contributed by atoms with Crippen LogP contribution < -0.4 is 19.5 Å². The summed E-state index contributed by atoms with van der Waals surface area (Å²) in [7, 11) is 0. The molecule has 1 heterocycles. The van der Waals surface area contributed by atoms with Crippen molar-refractivity contribution in [1.29, 1.82) is 0 Å². The largest absolute Gasteiger partial charge is 0.490 e. The van der Waals surface area contributed by atoms with Gasteiger partial charge in [-0.25, -0.2) is 4.79 Å². The van der Waals surface area contributed by atoms with Crippen molar-refractivity contribution in [3.05, 3.63) is 12.1 Å². The topological polar surface area (TPSA) is 60.0 Å². The van der Waals surface area contributed by atoms with Gasteiger partial charge in [-0.3, -0.25) is 0 Å². The molecule has 2 amide bonds. The fraction of sp³-hybridized carbons (Fsp3) is 0.632. The van der Waals surface area contributed by atoms with Gasteiger partial charge in [0, 0.05) is 24.7 Å². The zero-order chi connectivity index (χ0) is 18.2. The third-order valence-corrected chi connectivity index (χ3v) is 4.22. The summed E-state index contributed by atoms with van der Waals surface area (Å²) in [5, 5.41) is 2.98. The van der Waals surface area contributed by atoms with E-state index in [0.717, 1.165) is 19.4 Å². The van der Waals surface area contributed by atoms with Crippen LogP contribution in [0, 0.1) is 0 Å². The Morgan fingerprint density at radius 1 is 1.08 bits per heavy atom. The number of piperidine rings is 1. The molecule has 0 spiro atoms. The minimum Gasteiger partial charge on any atom is -0.490 e. The first kappa shape index (κ1) is 19.2. The molecule has 0 aliphatic carbocycles. The number of benzene rings is 1. The molecule has 1 aliphatic heterocycles. The minimum atomic E-state index is -0.0822. The van der Waals surface area contributed by atoms with Gasteiger partial charge in [0.05, 0.1) is 25.5 Å². The SMILES string of the molecule is CCOc1cc(NC(=O)N2CCCCC2C)cc(OCC)c1OCC. The summed E-state index contributed by atoms with van der Waals surface area (Å²) < 4.78 is 17.1. The normalized spacial score (nSPS) is 17.1. The first-order valence-corrected chi connectivity index (χ1v) is 9.24. The molecule has 6 heteroatoms. The Morgan fingerprint density at radius 3 is 2.20 bits per heavy atom. The van der Waals surface area contributed by atoms with Gasteiger partial charge in [0.2, 0.25) is 5.75 Å². The molecular formula is C19H30N2O4. The molecule has 1 unspecified atom stereocenters. The number of nitrogens with one attached hydrogen (secondary N) is 1. The lowest BCUT2D eigenvalue weighted by molar-refractivity contribution is 0.170. The highest BCUT2D eigenvalue weighted by molar-refractivity contribution is 5.90. The van der Waals surface area contributed by atoms with Crippen molar-refractivity contribution < 1.29 is 19.0 Å². The maximum atomic E-state index is 12.6. The van der Waals surface area contributed by atoms with Gasteiger partial charge in [-0.15, -0.1) is 0 Å². The Kier molecular flexibility index (Phi) is 7.22. The number of urea groups is 1. The molecule has 140 valence electrons. The summed E-state index contributed by atoms with van der Waals surface area (Å²) in [5.41, 5.74) is 0.651. The van der Waals surface area contributed by atoms with E-state index in [1.807, 2.05) is 25.7 Å². The van der Waals surface area contributed by atoms with Crippen molar-refractivity contribution in [3.8, 4) is 17.2 Å². The van der Waals surface area contributed by atoms with Crippen LogP contribution in [-0.2, 0) is 0 Å². The molecule has 1 aliphatic rings. The number of amides is 2. The Morgan fingerprint density at radius 2 is 1.68 bits per heavy atom. The lowest BCUT2D eigenvalue weighted by atomic mass is 10.0. The van der Waals surface area contributed by atoms with Crippen molar-refractivity contribution in [2.75, 3.05) is 31.7 Å². The quantitative estimate of drug-likeness (QED) is 0.797. The molecule has 25 heavy (non-hydrogen) atoms. The van der Waals surface area contributed by atoms with E-state index < -0.39 is 0 Å². The molecule has 0 bridgehead atoms. The van der Waals surface area contributed by atoms with Gasteiger partial charge in [-0.2, -0.15) is 0 Å². The van der Waals surface area contributed by atoms with Crippen LogP contribution in [0.4, 0.5) is 10.5 Å². The molecule has 2 rings (SSSR count). The summed E-state index contributed by atoms with van der Waals surface area (Å²) in [6.07, 6.45) is 3.28. The number of carbonyl (C=O) groups excluding carboxylic acids is 1. The van der Waals surface area contributed by atoms with Crippen LogP contribution in [0.5, 0.6) is 17.2 Å². The Balaban J connectivity index is 2.25. The van der Waals surface area contributed by atoms with Crippen LogP contribution in [0.1, 0.15) is 47.0 Å². The first-order chi connectivity index (χ1) is 12.1. The average Bonchev–Trinajstić information content (AvgIpc) is 2.58. The number of nitrogens with zero attached hydrogens (tertiary/aromatic N) is 1. The predicted octanol–water partition coefficient (Wildman–Crippen LogP) is 4.29. The fourth-order valence-corrected chi connectivity index (χ4v) is 3.06. The van der Waals surface area contributed by atoms with Crippen molar-refractivity contribution >= 4 is 11.7 Å². The second-order valence-corrected chi connectivity index (χ2v) is 6.07. The van der Waals surface area contributed by atoms with Gasteiger partial charge < -0.3 is 24.4 Å². The minimum absolute atomic E-state index is 0.0822. The van der Waals surface area contributed by atoms with Crippen LogP contribution in [0.25, 0.3) is 0 Å². The average molecular weight is 350 g/mol. The van der Waals surface area contributed by atoms with Crippen LogP contribution in [0.2, 0.25) is 0 Å². The highest BCUT2D eigenvalue weighted by atomic mass is 16.5. The number of anilines is 1. The maximum absolute atomic E-state index is 12.6. The Hall–Kier alpha value is -2.11. The highest BCUT2D eigenvalue weighted by Gasteiger charge is 2.24. The number of ether oxygens (including phenoxy) is 3. The summed E-state index contributed by atoms with van der Waals surface area (Å²) in [6, 6.07) is 3.77. The molecule has 1 N–H and O–H groups in total. The van der Waals surface area contributed by atoms with E-state index in [9.17, 15) is 4.79 Å². The van der Waals surface area contributed by atoms with E-state index >= 15 is 0 Å². The third-order valence-electron chi connectivity index (χ3n) is 4.22. The van der Waals surface area contributed by atoms with E-state index in [0.29, 0.717) is 42.8 Å². The summed E-state index contributed by atoms with van der Waals surface area (Å²) in [4.78, 5) is 14.5. The van der Waals surface area contributed by atoms with Crippen molar-refractivity contribution in [2.45, 2.75) is 53.0 Å². The van der Waals surface area contributed by atoms with E-state index in [1.54, 1.807) is 12.1 Å². The molecule has 0 saturated carbocycles. The van der Waals surface area contributed by atoms with Gasteiger partial charge in [0.25, 0.3) is 0 Å². The first-order valence-electron chi connectivity index (χ1n) is 9.24. The van der Waals surface area contributed by atoms with Gasteiger partial charge >= 0.3 is 6.03 Å². The second kappa shape index (κ2) is 9.39. The number of hydrogen-bond acceptors (Lipinski definition) is 4. The molecule has 6 nitrogen and oxygen atoms in total. The zero-order valence-electron chi connectivity index (χ0n) is 15.8. The smallest absolute Gasteiger partial charge is 0.322 e. The van der Waals surface area contributed by atoms with E-state index in [-0.39, 0.29) is 12.1 Å². The maximum Gasteiger partial charge on any atom is 0.322 e. The zero-order valence-corrected chi connectivity index (χ0v) is 15.8. The van der Waals surface area contributed by atoms with Gasteiger partial charge in [-0.05, 0) is 47.0 Å². The standard InChI is InChI=1S/C19H30N2O4/c1-5-23-16-12-15(13-17(24-6-2)18(16)25-7-3)20-19(22)21-11-9-8-10-14(21)4/h12-14H,5-11H2,1-4H3,(H,20,22). The molecule has 0 aromatic heterocycles. The Labute approximate surface area is 150 Å².